The summed E-state index contributed by atoms with van der Waals surface area (Å²) in [6.07, 6.45) is 6.00. The Morgan fingerprint density at radius 1 is 1.26 bits per heavy atom. The zero-order chi connectivity index (χ0) is 24.2. The van der Waals surface area contributed by atoms with Crippen LogP contribution in [-0.4, -0.2) is 54.8 Å². The van der Waals surface area contributed by atoms with Crippen LogP contribution in [-0.2, 0) is 4.79 Å². The van der Waals surface area contributed by atoms with Gasteiger partial charge in [0, 0.05) is 43.7 Å². The van der Waals surface area contributed by atoms with Crippen LogP contribution in [0.3, 0.4) is 0 Å². The van der Waals surface area contributed by atoms with Gasteiger partial charge < -0.3 is 19.7 Å². The number of carbonyl (C=O) groups excluding carboxylic acids is 1. The van der Waals surface area contributed by atoms with Crippen molar-refractivity contribution in [1.82, 2.24) is 24.8 Å². The van der Waals surface area contributed by atoms with Gasteiger partial charge in [0.2, 0.25) is 5.91 Å². The first-order valence-electron chi connectivity index (χ1n) is 11.7. The summed E-state index contributed by atoms with van der Waals surface area (Å²) in [5.41, 5.74) is 3.35. The highest BCUT2D eigenvalue weighted by molar-refractivity contribution is 7.99. The topological polar surface area (TPSA) is 104 Å². The molecule has 1 fully saturated rings. The van der Waals surface area contributed by atoms with Gasteiger partial charge in [0.25, 0.3) is 0 Å². The van der Waals surface area contributed by atoms with Crippen LogP contribution in [0.2, 0.25) is 0 Å². The van der Waals surface area contributed by atoms with Gasteiger partial charge in [-0.25, -0.2) is 9.97 Å². The minimum atomic E-state index is -0.0604. The number of nitrogens with one attached hydrogen (secondary N) is 1. The lowest BCUT2D eigenvalue weighted by Gasteiger charge is -2.25. The number of likely N-dealkylation sites (tertiary alicyclic amines) is 1. The highest BCUT2D eigenvalue weighted by atomic mass is 32.2. The fourth-order valence-corrected chi connectivity index (χ4v) is 5.15. The van der Waals surface area contributed by atoms with Gasteiger partial charge in [0.05, 0.1) is 28.3 Å². The van der Waals surface area contributed by atoms with Crippen molar-refractivity contribution in [3.05, 3.63) is 60.4 Å². The number of aliphatic hydroxyl groups excluding tert-OH is 1. The number of ether oxygens (including phenoxy) is 1. The molecule has 1 atom stereocenters. The number of aromatic nitrogens is 4. The van der Waals surface area contributed by atoms with Crippen LogP contribution in [0.15, 0.2) is 59.9 Å². The minimum absolute atomic E-state index is 0.0586. The second kappa shape index (κ2) is 10.5. The second-order valence-corrected chi connectivity index (χ2v) is 9.55. The standard InChI is InChI=1S/C26H27N5O3S/c1-17(33)31-11-4-7-23(31)19-14-21-22(30-26(29-21)20-6-2-3-10-27-20)15-24(19)34-18-8-9-25(28-16-18)35-13-5-12-32/h2-3,6,8-10,14-16,23,32H,4-5,7,11-13H2,1H3,(H,29,30). The molecule has 1 aromatic carbocycles. The molecule has 4 heterocycles. The van der Waals surface area contributed by atoms with Crippen LogP contribution >= 0.6 is 11.8 Å². The first-order chi connectivity index (χ1) is 17.1. The van der Waals surface area contributed by atoms with Crippen molar-refractivity contribution in [2.24, 2.45) is 0 Å². The summed E-state index contributed by atoms with van der Waals surface area (Å²) in [5, 5.41) is 9.86. The van der Waals surface area contributed by atoms with Crippen LogP contribution < -0.4 is 4.74 Å². The Hall–Kier alpha value is -3.43. The van der Waals surface area contributed by atoms with E-state index in [1.165, 1.54) is 0 Å². The number of fused-ring (bicyclic) bond motifs is 1. The Labute approximate surface area is 207 Å². The predicted molar refractivity (Wildman–Crippen MR) is 135 cm³/mol. The monoisotopic (exact) mass is 489 g/mol. The second-order valence-electron chi connectivity index (χ2n) is 8.44. The van der Waals surface area contributed by atoms with E-state index in [0.29, 0.717) is 17.3 Å². The van der Waals surface area contributed by atoms with E-state index in [2.05, 4.69) is 15.0 Å². The molecule has 3 aromatic heterocycles. The molecule has 0 aliphatic carbocycles. The van der Waals surface area contributed by atoms with Gasteiger partial charge in [-0.1, -0.05) is 6.07 Å². The number of H-pyrrole nitrogens is 1. The Bertz CT molecular complexity index is 1310. The third-order valence-corrected chi connectivity index (χ3v) is 7.06. The Kier molecular flexibility index (Phi) is 6.96. The summed E-state index contributed by atoms with van der Waals surface area (Å²) in [5.74, 6) is 2.83. The number of aliphatic hydroxyl groups is 1. The first-order valence-corrected chi connectivity index (χ1v) is 12.7. The van der Waals surface area contributed by atoms with Gasteiger partial charge in [-0.3, -0.25) is 9.78 Å². The van der Waals surface area contributed by atoms with E-state index in [-0.39, 0.29) is 18.6 Å². The highest BCUT2D eigenvalue weighted by Gasteiger charge is 2.31. The number of rotatable bonds is 8. The fraction of sp³-hybridized carbons (Fsp3) is 0.308. The van der Waals surface area contributed by atoms with E-state index in [1.807, 2.05) is 47.4 Å². The van der Waals surface area contributed by atoms with Crippen LogP contribution in [0.4, 0.5) is 0 Å². The molecule has 5 rings (SSSR count). The lowest BCUT2D eigenvalue weighted by atomic mass is 10.0. The van der Waals surface area contributed by atoms with Crippen LogP contribution in [0.1, 0.15) is 37.8 Å². The minimum Gasteiger partial charge on any atom is -0.455 e. The quantitative estimate of drug-likeness (QED) is 0.266. The van der Waals surface area contributed by atoms with E-state index < -0.39 is 0 Å². The number of amides is 1. The predicted octanol–water partition coefficient (Wildman–Crippen LogP) is 4.97. The zero-order valence-corrected chi connectivity index (χ0v) is 20.3. The number of benzene rings is 1. The smallest absolute Gasteiger partial charge is 0.219 e. The molecule has 0 bridgehead atoms. The van der Waals surface area contributed by atoms with Crippen LogP contribution in [0.25, 0.3) is 22.6 Å². The molecule has 0 saturated carbocycles. The number of aromatic amines is 1. The van der Waals surface area contributed by atoms with Gasteiger partial charge in [0.15, 0.2) is 5.82 Å². The molecule has 1 amide bonds. The van der Waals surface area contributed by atoms with Crippen molar-refractivity contribution >= 4 is 28.7 Å². The molecule has 1 aliphatic heterocycles. The maximum atomic E-state index is 12.3. The SMILES string of the molecule is CC(=O)N1CCCC1c1cc2[nH]c(-c3ccccn3)nc2cc1Oc1ccc(SCCCO)nc1. The summed E-state index contributed by atoms with van der Waals surface area (Å²) >= 11 is 1.60. The average Bonchev–Trinajstić information content (AvgIpc) is 3.52. The van der Waals surface area contributed by atoms with Crippen molar-refractivity contribution in [2.45, 2.75) is 37.3 Å². The molecule has 2 N–H and O–H groups in total. The Morgan fingerprint density at radius 3 is 2.91 bits per heavy atom. The number of thioether (sulfide) groups is 1. The molecule has 1 saturated heterocycles. The van der Waals surface area contributed by atoms with Gasteiger partial charge >= 0.3 is 0 Å². The van der Waals surface area contributed by atoms with Gasteiger partial charge in [-0.15, -0.1) is 11.8 Å². The maximum absolute atomic E-state index is 12.3. The number of hydrogen-bond acceptors (Lipinski definition) is 7. The molecule has 8 nitrogen and oxygen atoms in total. The molecule has 0 spiro atoms. The van der Waals surface area contributed by atoms with E-state index >= 15 is 0 Å². The molecule has 0 radical (unpaired) electrons. The highest BCUT2D eigenvalue weighted by Crippen LogP contribution is 2.41. The third-order valence-electron chi connectivity index (χ3n) is 6.03. The van der Waals surface area contributed by atoms with Crippen molar-refractivity contribution < 1.29 is 14.6 Å². The summed E-state index contributed by atoms with van der Waals surface area (Å²) in [6.45, 7) is 2.53. The van der Waals surface area contributed by atoms with Gasteiger partial charge in [0.1, 0.15) is 17.2 Å². The molecule has 35 heavy (non-hydrogen) atoms. The van der Waals surface area contributed by atoms with E-state index in [1.54, 1.807) is 31.1 Å². The Balaban J connectivity index is 1.50. The number of carbonyl (C=O) groups is 1. The average molecular weight is 490 g/mol. The van der Waals surface area contributed by atoms with Gasteiger partial charge in [-0.2, -0.15) is 0 Å². The number of imidazole rings is 1. The van der Waals surface area contributed by atoms with Crippen molar-refractivity contribution in [3.63, 3.8) is 0 Å². The fourth-order valence-electron chi connectivity index (χ4n) is 4.38. The summed E-state index contributed by atoms with van der Waals surface area (Å²) < 4.78 is 6.33. The molecular formula is C26H27N5O3S. The first kappa shape index (κ1) is 23.3. The van der Waals surface area contributed by atoms with E-state index in [9.17, 15) is 4.79 Å². The summed E-state index contributed by atoms with van der Waals surface area (Å²) in [4.78, 5) is 31.2. The van der Waals surface area contributed by atoms with Gasteiger partial charge in [-0.05, 0) is 49.6 Å². The number of hydrogen-bond donors (Lipinski definition) is 2. The lowest BCUT2D eigenvalue weighted by Crippen LogP contribution is -2.28. The molecule has 1 unspecified atom stereocenters. The lowest BCUT2D eigenvalue weighted by molar-refractivity contribution is -0.129. The molecule has 180 valence electrons. The number of nitrogens with zero attached hydrogens (tertiary/aromatic N) is 4. The molecule has 4 aromatic rings. The molecular weight excluding hydrogens is 462 g/mol. The van der Waals surface area contributed by atoms with E-state index in [4.69, 9.17) is 14.8 Å². The summed E-state index contributed by atoms with van der Waals surface area (Å²) in [7, 11) is 0. The normalized spacial score (nSPS) is 15.6. The Morgan fingerprint density at radius 2 is 2.17 bits per heavy atom. The maximum Gasteiger partial charge on any atom is 0.219 e. The largest absolute Gasteiger partial charge is 0.455 e. The van der Waals surface area contributed by atoms with Crippen LogP contribution in [0.5, 0.6) is 11.5 Å². The third kappa shape index (κ3) is 5.16. The molecule has 9 heteroatoms. The molecule has 1 aliphatic rings. The van der Waals surface area contributed by atoms with Crippen LogP contribution in [0, 0.1) is 0 Å². The van der Waals surface area contributed by atoms with Crippen molar-refractivity contribution in [1.29, 1.82) is 0 Å². The zero-order valence-electron chi connectivity index (χ0n) is 19.5. The van der Waals surface area contributed by atoms with Crippen molar-refractivity contribution in [2.75, 3.05) is 18.9 Å². The number of pyridine rings is 2. The van der Waals surface area contributed by atoms with E-state index in [0.717, 1.165) is 58.9 Å². The van der Waals surface area contributed by atoms with Crippen molar-refractivity contribution in [3.8, 4) is 23.0 Å². The summed E-state index contributed by atoms with van der Waals surface area (Å²) in [6, 6.07) is 13.4.